The van der Waals surface area contributed by atoms with E-state index < -0.39 is 0 Å². The molecule has 0 bridgehead atoms. The van der Waals surface area contributed by atoms with Gasteiger partial charge in [-0.25, -0.2) is 0 Å². The van der Waals surface area contributed by atoms with E-state index in [1.165, 1.54) is 44.5 Å². The molecule has 0 aliphatic carbocycles. The third-order valence-corrected chi connectivity index (χ3v) is 7.92. The van der Waals surface area contributed by atoms with Crippen molar-refractivity contribution in [3.8, 4) is 0 Å². The fourth-order valence-electron chi connectivity index (χ4n) is 4.92. The second-order valence-electron chi connectivity index (χ2n) is 11.8. The first kappa shape index (κ1) is 52.2. The van der Waals surface area contributed by atoms with E-state index in [1.54, 1.807) is 0 Å². The van der Waals surface area contributed by atoms with Gasteiger partial charge in [0.2, 0.25) is 0 Å². The largest absolute Gasteiger partial charge is 2.00 e. The Labute approximate surface area is 338 Å². The molecule has 5 nitrogen and oxygen atoms in total. The van der Waals surface area contributed by atoms with E-state index in [-0.39, 0.29) is 35.3 Å². The van der Waals surface area contributed by atoms with Crippen molar-refractivity contribution in [2.24, 2.45) is 20.0 Å². The zero-order valence-corrected chi connectivity index (χ0v) is 36.6. The molecule has 0 heterocycles. The minimum atomic E-state index is 0. The molecule has 0 N–H and O–H groups in total. The molecule has 0 unspecified atom stereocenters. The van der Waals surface area contributed by atoms with Crippen LogP contribution in [0.15, 0.2) is 92.8 Å². The third-order valence-electron chi connectivity index (χ3n) is 7.92. The van der Waals surface area contributed by atoms with Crippen LogP contribution in [0.4, 0.5) is 22.7 Å². The predicted octanol–water partition coefficient (Wildman–Crippen LogP) is 12.9. The predicted molar refractivity (Wildman–Crippen MR) is 220 cm³/mol. The third kappa shape index (κ3) is 16.0. The maximum atomic E-state index is 7.75. The molecule has 0 aliphatic rings. The average molecular weight is 892 g/mol. The summed E-state index contributed by atoms with van der Waals surface area (Å²) < 4.78 is 0. The van der Waals surface area contributed by atoms with Crippen LogP contribution in [0, 0.1) is 70.2 Å². The van der Waals surface area contributed by atoms with E-state index in [0.717, 1.165) is 45.6 Å². The van der Waals surface area contributed by atoms with Crippen molar-refractivity contribution in [3.05, 3.63) is 132 Å². The molecule has 0 aliphatic heterocycles. The van der Waals surface area contributed by atoms with Crippen LogP contribution in [0.1, 0.15) is 72.2 Å². The average Bonchev–Trinajstić information content (AvgIpc) is 3.06. The maximum Gasteiger partial charge on any atom is 2.00 e. The van der Waals surface area contributed by atoms with Crippen LogP contribution in [-0.4, -0.2) is 29.6 Å². The Morgan fingerprint density at radius 1 is 0.412 bits per heavy atom. The molecule has 280 valence electrons. The Morgan fingerprint density at radius 3 is 0.647 bits per heavy atom. The molecule has 0 spiro atoms. The monoisotopic (exact) mass is 890 g/mol. The standard InChI is InChI=1S/2C20H24N2.CHO.2CH3.ClH.2Pd/c2*1-13-9-7-10-14(2)19(13)21-17(5)18(6)22-20-15(3)11-8-12-16(20)4;1-2;;;;;/h2*7-12H,1-6H3;1H;2*1H3;1H;;/q;;3*-1;;2*+2/p-1. The minimum Gasteiger partial charge on any atom is 2.00 e. The summed E-state index contributed by atoms with van der Waals surface area (Å²) in [4.78, 5) is 26.9. The van der Waals surface area contributed by atoms with Gasteiger partial charge in [0.1, 0.15) is 0 Å². The Hall–Kier alpha value is -3.16. The van der Waals surface area contributed by atoms with E-state index in [9.17, 15) is 0 Å². The van der Waals surface area contributed by atoms with Gasteiger partial charge in [-0.3, -0.25) is 26.8 Å². The smallest absolute Gasteiger partial charge is 2.00 e. The van der Waals surface area contributed by atoms with Crippen LogP contribution in [0.2, 0.25) is 0 Å². The second kappa shape index (κ2) is 26.6. The van der Waals surface area contributed by atoms with Gasteiger partial charge in [-0.1, -0.05) is 72.8 Å². The molecule has 8 heteroatoms. The summed E-state index contributed by atoms with van der Waals surface area (Å²) in [5, 5.41) is 0. The second-order valence-corrected chi connectivity index (χ2v) is 11.8. The molecule has 0 saturated carbocycles. The van der Waals surface area contributed by atoms with Gasteiger partial charge >= 0.3 is 48.1 Å². The zero-order chi connectivity index (χ0) is 36.6. The normalized spacial score (nSPS) is 11.1. The first-order valence-electron chi connectivity index (χ1n) is 15.6. The Balaban J connectivity index is -0.000000781. The van der Waals surface area contributed by atoms with E-state index in [4.69, 9.17) is 24.8 Å². The van der Waals surface area contributed by atoms with Crippen LogP contribution in [0.3, 0.4) is 0 Å². The van der Waals surface area contributed by atoms with Crippen molar-refractivity contribution >= 4 is 61.9 Å². The van der Waals surface area contributed by atoms with Gasteiger partial charge in [-0.2, -0.15) is 0 Å². The molecule has 4 rings (SSSR count). The van der Waals surface area contributed by atoms with E-state index in [1.807, 2.05) is 27.7 Å². The number of rotatable bonds is 6. The van der Waals surface area contributed by atoms with Gasteiger partial charge in [-0.15, -0.1) is 0 Å². The van der Waals surface area contributed by atoms with Crippen LogP contribution in [-0.2, 0) is 43.4 Å². The molecular weight excluding hydrogens is 837 g/mol. The molecule has 0 saturated heterocycles. The molecule has 0 fully saturated rings. The number of hydrogen-bond donors (Lipinski definition) is 0. The molecular formula is C43H55ClN4OPd2. The quantitative estimate of drug-likeness (QED) is 0.0823. The molecule has 51 heavy (non-hydrogen) atoms. The SMILES string of the molecule is CC(=Nc1c(C)cccc1C)C(C)=Nc1c(C)cccc1C.CC(=Nc1c(C)cccc1C)C(C)=Nc1c(C)cccc1C.[CH-]=O.[CH3-].[CH3-].[Cl][Pd+].[Pd+2]. The number of hydrogen-bond acceptors (Lipinski definition) is 5. The number of nitrogens with zero attached hydrogens (tertiary/aromatic N) is 4. The van der Waals surface area contributed by atoms with Crippen LogP contribution < -0.4 is 0 Å². The summed E-state index contributed by atoms with van der Waals surface area (Å²) in [7, 11) is 4.49. The Kier molecular flexibility index (Phi) is 27.2. The van der Waals surface area contributed by atoms with Crippen molar-refractivity contribution in [1.82, 2.24) is 0 Å². The topological polar surface area (TPSA) is 66.5 Å². The van der Waals surface area contributed by atoms with Gasteiger partial charge in [0.25, 0.3) is 0 Å². The van der Waals surface area contributed by atoms with Crippen molar-refractivity contribution < 1.29 is 43.4 Å². The van der Waals surface area contributed by atoms with Gasteiger partial charge in [-0.05, 0) is 128 Å². The van der Waals surface area contributed by atoms with Crippen LogP contribution in [0.5, 0.6) is 0 Å². The van der Waals surface area contributed by atoms with Gasteiger partial charge in [0, 0.05) is 0 Å². The fourth-order valence-corrected chi connectivity index (χ4v) is 4.92. The molecule has 0 aromatic heterocycles. The zero-order valence-electron chi connectivity index (χ0n) is 32.7. The van der Waals surface area contributed by atoms with Crippen molar-refractivity contribution in [3.63, 3.8) is 0 Å². The summed E-state index contributed by atoms with van der Waals surface area (Å²) in [6, 6.07) is 25.0. The van der Waals surface area contributed by atoms with Gasteiger partial charge in [0.15, 0.2) is 0 Å². The summed E-state index contributed by atoms with van der Waals surface area (Å²) in [6.45, 7) is 28.1. The molecule has 0 atom stereocenters. The van der Waals surface area contributed by atoms with Gasteiger partial charge in [0.05, 0.1) is 45.6 Å². The fraction of sp³-hybridized carbons (Fsp3) is 0.279. The minimum absolute atomic E-state index is 0. The summed E-state index contributed by atoms with van der Waals surface area (Å²) >= 11 is 2.22. The summed E-state index contributed by atoms with van der Waals surface area (Å²) in [5.74, 6) is 0. The first-order chi connectivity index (χ1) is 22.8. The number of carbonyl (C=O) groups excluding carboxylic acids is 1. The molecule has 4 aromatic carbocycles. The number of aryl methyl sites for hydroxylation is 8. The molecule has 0 radical (unpaired) electrons. The molecule has 4 aromatic rings. The Bertz CT molecular complexity index is 1470. The number of halogens is 1. The van der Waals surface area contributed by atoms with E-state index >= 15 is 0 Å². The number of aliphatic imine (C=N–C) groups is 4. The van der Waals surface area contributed by atoms with Gasteiger partial charge < -0.3 is 19.6 Å². The number of benzene rings is 4. The van der Waals surface area contributed by atoms with Crippen LogP contribution >= 0.6 is 9.53 Å². The maximum absolute atomic E-state index is 7.75. The Morgan fingerprint density at radius 2 is 0.529 bits per heavy atom. The van der Waals surface area contributed by atoms with Crippen molar-refractivity contribution in [2.45, 2.75) is 83.1 Å². The summed E-state index contributed by atoms with van der Waals surface area (Å²) in [5.41, 5.74) is 17.6. The summed E-state index contributed by atoms with van der Waals surface area (Å²) in [6.07, 6.45) is 0. The van der Waals surface area contributed by atoms with E-state index in [0.29, 0.717) is 0 Å². The molecule has 0 amide bonds. The number of para-hydroxylation sites is 4. The van der Waals surface area contributed by atoms with Crippen LogP contribution in [0.25, 0.3) is 0 Å². The van der Waals surface area contributed by atoms with Crippen molar-refractivity contribution in [2.75, 3.05) is 0 Å². The van der Waals surface area contributed by atoms with Crippen molar-refractivity contribution in [1.29, 1.82) is 0 Å². The van der Waals surface area contributed by atoms with E-state index in [2.05, 4.69) is 163 Å². The first-order valence-corrected chi connectivity index (χ1v) is 17.6.